The fourth-order valence-corrected chi connectivity index (χ4v) is 7.12. The molecule has 1 aromatic carbocycles. The zero-order valence-corrected chi connectivity index (χ0v) is 19.1. The Hall–Kier alpha value is -1.93. The first-order valence-corrected chi connectivity index (χ1v) is 12.8. The molecule has 0 unspecified atom stereocenters. The Morgan fingerprint density at radius 1 is 0.903 bits per heavy atom. The van der Waals surface area contributed by atoms with Crippen molar-refractivity contribution in [1.82, 2.24) is 9.21 Å². The summed E-state index contributed by atoms with van der Waals surface area (Å²) in [7, 11) is -3.61. The lowest BCUT2D eigenvalue weighted by Crippen LogP contribution is -2.56. The highest BCUT2D eigenvalue weighted by atomic mass is 32.2. The van der Waals surface area contributed by atoms with Crippen molar-refractivity contribution in [1.29, 1.82) is 0 Å². The molecule has 1 aromatic rings. The molecule has 31 heavy (non-hydrogen) atoms. The van der Waals surface area contributed by atoms with Crippen LogP contribution in [-0.4, -0.2) is 60.8 Å². The molecule has 3 aliphatic carbocycles. The van der Waals surface area contributed by atoms with Gasteiger partial charge in [-0.2, -0.15) is 4.31 Å². The van der Waals surface area contributed by atoms with Crippen LogP contribution in [0.1, 0.15) is 51.0 Å². The number of amides is 1. The van der Waals surface area contributed by atoms with Gasteiger partial charge in [-0.3, -0.25) is 9.59 Å². The lowest BCUT2D eigenvalue weighted by Gasteiger charge is -2.48. The Morgan fingerprint density at radius 3 is 1.90 bits per heavy atom. The van der Waals surface area contributed by atoms with E-state index in [0.29, 0.717) is 19.0 Å². The van der Waals surface area contributed by atoms with Crippen molar-refractivity contribution in [3.63, 3.8) is 0 Å². The Kier molecular flexibility index (Phi) is 6.14. The molecule has 8 heteroatoms. The zero-order valence-electron chi connectivity index (χ0n) is 18.2. The van der Waals surface area contributed by atoms with E-state index in [1.165, 1.54) is 4.31 Å². The van der Waals surface area contributed by atoms with E-state index < -0.39 is 27.8 Å². The van der Waals surface area contributed by atoms with Crippen LogP contribution in [0.4, 0.5) is 0 Å². The molecule has 1 N–H and O–H groups in total. The van der Waals surface area contributed by atoms with Crippen molar-refractivity contribution >= 4 is 21.9 Å². The Balaban J connectivity index is 1.43. The molecule has 3 saturated carbocycles. The van der Waals surface area contributed by atoms with E-state index in [1.54, 1.807) is 17.0 Å². The average Bonchev–Trinajstić information content (AvgIpc) is 2.78. The van der Waals surface area contributed by atoms with E-state index in [1.807, 2.05) is 12.1 Å². The number of sulfonamides is 1. The first kappa shape index (κ1) is 22.3. The molecule has 5 rings (SSSR count). The number of carboxylic acid groups (broad SMARTS) is 1. The minimum absolute atomic E-state index is 0.0897. The second kappa shape index (κ2) is 8.54. The lowest BCUT2D eigenvalue weighted by atomic mass is 9.58. The monoisotopic (exact) mass is 448 g/mol. The maximum Gasteiger partial charge on any atom is 0.307 e. The molecule has 0 aromatic heterocycles. The molecule has 2 bridgehead atoms. The summed E-state index contributed by atoms with van der Waals surface area (Å²) in [5, 5.41) is 9.75. The number of carboxylic acids is 1. The van der Waals surface area contributed by atoms with Crippen molar-refractivity contribution in [2.24, 2.45) is 23.7 Å². The number of piperazine rings is 1. The van der Waals surface area contributed by atoms with Gasteiger partial charge in [-0.15, -0.1) is 0 Å². The fraction of sp³-hybridized carbons (Fsp3) is 0.652. The molecule has 2 atom stereocenters. The summed E-state index contributed by atoms with van der Waals surface area (Å²) in [5.74, 6) is -1.46. The molecular formula is C23H32N2O5S. The minimum Gasteiger partial charge on any atom is -0.481 e. The topological polar surface area (TPSA) is 95.0 Å². The highest BCUT2D eigenvalue weighted by molar-refractivity contribution is 7.89. The standard InChI is InChI=1S/C23H32N2O5S/c1-15(2)16-7-9-19(10-8-16)31(29,30)25-13-11-24(12-14-25)22(26)20-17-3-5-18(6-4-17)21(20)23(27)28/h7-10,15,17-18,20-21H,3-6,11-14H2,1-2H3,(H,27,28)/t17?,18?,20-,21-/m0/s1. The maximum atomic E-state index is 13.3. The van der Waals surface area contributed by atoms with Gasteiger partial charge in [-0.1, -0.05) is 26.0 Å². The van der Waals surface area contributed by atoms with Gasteiger partial charge >= 0.3 is 5.97 Å². The highest BCUT2D eigenvalue weighted by Crippen LogP contribution is 2.49. The van der Waals surface area contributed by atoms with Gasteiger partial charge in [-0.05, 0) is 61.1 Å². The van der Waals surface area contributed by atoms with Crippen LogP contribution in [0.25, 0.3) is 0 Å². The van der Waals surface area contributed by atoms with Gasteiger partial charge in [0.05, 0.1) is 16.7 Å². The van der Waals surface area contributed by atoms with E-state index >= 15 is 0 Å². The predicted molar refractivity (Wildman–Crippen MR) is 116 cm³/mol. The van der Waals surface area contributed by atoms with Crippen molar-refractivity contribution in [2.45, 2.75) is 50.3 Å². The van der Waals surface area contributed by atoms with Crippen LogP contribution in [0.2, 0.25) is 0 Å². The Morgan fingerprint density at radius 2 is 1.42 bits per heavy atom. The summed E-state index contributed by atoms with van der Waals surface area (Å²) in [6.07, 6.45) is 3.64. The number of benzene rings is 1. The van der Waals surface area contributed by atoms with Crippen molar-refractivity contribution in [3.8, 4) is 0 Å². The third-order valence-corrected chi connectivity index (χ3v) is 9.44. The Bertz CT molecular complexity index is 927. The van der Waals surface area contributed by atoms with Gasteiger partial charge in [0.15, 0.2) is 0 Å². The number of rotatable bonds is 5. The third-order valence-electron chi connectivity index (χ3n) is 7.52. The Labute approximate surface area is 184 Å². The molecule has 7 nitrogen and oxygen atoms in total. The summed E-state index contributed by atoms with van der Waals surface area (Å²) in [4.78, 5) is 27.1. The fourth-order valence-electron chi connectivity index (χ4n) is 5.69. The maximum absolute atomic E-state index is 13.3. The second-order valence-electron chi connectivity index (χ2n) is 9.52. The summed E-state index contributed by atoms with van der Waals surface area (Å²) in [6, 6.07) is 7.00. The van der Waals surface area contributed by atoms with Crippen molar-refractivity contribution in [2.75, 3.05) is 26.2 Å². The van der Waals surface area contributed by atoms with Gasteiger partial charge in [0.1, 0.15) is 0 Å². The first-order chi connectivity index (χ1) is 14.7. The van der Waals surface area contributed by atoms with E-state index in [9.17, 15) is 23.1 Å². The number of nitrogens with zero attached hydrogens (tertiary/aromatic N) is 2. The van der Waals surface area contributed by atoms with Crippen LogP contribution in [0.15, 0.2) is 29.2 Å². The van der Waals surface area contributed by atoms with E-state index in [-0.39, 0.29) is 35.7 Å². The minimum atomic E-state index is -3.61. The lowest BCUT2D eigenvalue weighted by molar-refractivity contribution is -0.162. The molecule has 0 spiro atoms. The van der Waals surface area contributed by atoms with Crippen molar-refractivity contribution < 1.29 is 23.1 Å². The van der Waals surface area contributed by atoms with Gasteiger partial charge in [0, 0.05) is 26.2 Å². The zero-order chi connectivity index (χ0) is 22.3. The number of carbonyl (C=O) groups excluding carboxylic acids is 1. The molecule has 1 aliphatic heterocycles. The average molecular weight is 449 g/mol. The predicted octanol–water partition coefficient (Wildman–Crippen LogP) is 2.78. The molecule has 1 heterocycles. The number of aliphatic carboxylic acids is 1. The molecule has 4 aliphatic rings. The summed E-state index contributed by atoms with van der Waals surface area (Å²) in [5.41, 5.74) is 1.09. The van der Waals surface area contributed by atoms with E-state index in [0.717, 1.165) is 31.2 Å². The third kappa shape index (κ3) is 4.12. The molecule has 170 valence electrons. The number of hydrogen-bond donors (Lipinski definition) is 1. The first-order valence-electron chi connectivity index (χ1n) is 11.3. The summed E-state index contributed by atoms with van der Waals surface area (Å²) < 4.78 is 27.5. The second-order valence-corrected chi connectivity index (χ2v) is 11.5. The largest absolute Gasteiger partial charge is 0.481 e. The normalized spacial score (nSPS) is 29.3. The number of carbonyl (C=O) groups is 2. The smallest absolute Gasteiger partial charge is 0.307 e. The van der Waals surface area contributed by atoms with Crippen LogP contribution in [0, 0.1) is 23.7 Å². The molecular weight excluding hydrogens is 416 g/mol. The van der Waals surface area contributed by atoms with Crippen LogP contribution < -0.4 is 0 Å². The van der Waals surface area contributed by atoms with Gasteiger partial charge in [0.2, 0.25) is 15.9 Å². The number of hydrogen-bond acceptors (Lipinski definition) is 4. The van der Waals surface area contributed by atoms with E-state index in [4.69, 9.17) is 0 Å². The van der Waals surface area contributed by atoms with Crippen LogP contribution in [0.5, 0.6) is 0 Å². The van der Waals surface area contributed by atoms with Crippen LogP contribution in [0.3, 0.4) is 0 Å². The summed E-state index contributed by atoms with van der Waals surface area (Å²) in [6.45, 7) is 5.21. The van der Waals surface area contributed by atoms with Crippen molar-refractivity contribution in [3.05, 3.63) is 29.8 Å². The van der Waals surface area contributed by atoms with Crippen LogP contribution in [-0.2, 0) is 19.6 Å². The van der Waals surface area contributed by atoms with Gasteiger partial charge < -0.3 is 10.0 Å². The molecule has 0 radical (unpaired) electrons. The molecule has 4 fully saturated rings. The quantitative estimate of drug-likeness (QED) is 0.747. The molecule has 1 saturated heterocycles. The van der Waals surface area contributed by atoms with Gasteiger partial charge in [0.25, 0.3) is 0 Å². The highest BCUT2D eigenvalue weighted by Gasteiger charge is 2.51. The SMILES string of the molecule is CC(C)c1ccc(S(=O)(=O)N2CCN(C(=O)[C@H]3C4CCC(CC4)[C@@H]3C(=O)O)CC2)cc1. The van der Waals surface area contributed by atoms with Crippen LogP contribution >= 0.6 is 0 Å². The molecule has 1 amide bonds. The van der Waals surface area contributed by atoms with Gasteiger partial charge in [-0.25, -0.2) is 8.42 Å². The summed E-state index contributed by atoms with van der Waals surface area (Å²) >= 11 is 0. The van der Waals surface area contributed by atoms with E-state index in [2.05, 4.69) is 13.8 Å². The number of fused-ring (bicyclic) bond motifs is 3.